The van der Waals surface area contributed by atoms with Gasteiger partial charge in [-0.2, -0.15) is 0 Å². The molecule has 20 heavy (non-hydrogen) atoms. The third-order valence-electron chi connectivity index (χ3n) is 4.69. The predicted molar refractivity (Wildman–Crippen MR) is 85.0 cm³/mol. The molecule has 2 rings (SSSR count). The lowest BCUT2D eigenvalue weighted by atomic mass is 9.79. The molecule has 1 aliphatic rings. The Balaban J connectivity index is 1.86. The molecular formula is C18H29NO. The Kier molecular flexibility index (Phi) is 4.87. The Bertz CT molecular complexity index is 407. The van der Waals surface area contributed by atoms with Crippen LogP contribution >= 0.6 is 0 Å². The van der Waals surface area contributed by atoms with E-state index in [-0.39, 0.29) is 5.41 Å². The average Bonchev–Trinajstić information content (AvgIpc) is 2.85. The zero-order valence-corrected chi connectivity index (χ0v) is 13.2. The van der Waals surface area contributed by atoms with Crippen LogP contribution in [-0.4, -0.2) is 23.3 Å². The van der Waals surface area contributed by atoms with E-state index in [9.17, 15) is 5.11 Å². The van der Waals surface area contributed by atoms with Gasteiger partial charge < -0.3 is 10.4 Å². The molecule has 0 saturated heterocycles. The molecule has 1 aromatic carbocycles. The van der Waals surface area contributed by atoms with Gasteiger partial charge >= 0.3 is 0 Å². The third kappa shape index (κ3) is 4.07. The zero-order chi connectivity index (χ0) is 14.6. The van der Waals surface area contributed by atoms with E-state index >= 15 is 0 Å². The smallest absolute Gasteiger partial charge is 0.0771 e. The SMILES string of the molecule is CC(CC(C)(C)c1ccccc1)NCC1(O)CCCC1. The first-order valence-electron chi connectivity index (χ1n) is 7.93. The predicted octanol–water partition coefficient (Wildman–Crippen LogP) is 3.64. The van der Waals surface area contributed by atoms with Crippen LogP contribution in [0.15, 0.2) is 30.3 Å². The molecule has 1 aromatic rings. The van der Waals surface area contributed by atoms with Gasteiger partial charge in [-0.15, -0.1) is 0 Å². The van der Waals surface area contributed by atoms with Crippen LogP contribution in [0.5, 0.6) is 0 Å². The largest absolute Gasteiger partial charge is 0.389 e. The van der Waals surface area contributed by atoms with E-state index in [0.717, 1.165) is 25.8 Å². The van der Waals surface area contributed by atoms with Gasteiger partial charge in [0, 0.05) is 12.6 Å². The lowest BCUT2D eigenvalue weighted by molar-refractivity contribution is 0.0444. The third-order valence-corrected chi connectivity index (χ3v) is 4.69. The normalized spacial score (nSPS) is 20.0. The van der Waals surface area contributed by atoms with Gasteiger partial charge in [0.05, 0.1) is 5.60 Å². The zero-order valence-electron chi connectivity index (χ0n) is 13.2. The highest BCUT2D eigenvalue weighted by atomic mass is 16.3. The van der Waals surface area contributed by atoms with Crippen molar-refractivity contribution in [2.75, 3.05) is 6.54 Å². The van der Waals surface area contributed by atoms with E-state index in [1.807, 2.05) is 0 Å². The summed E-state index contributed by atoms with van der Waals surface area (Å²) in [4.78, 5) is 0. The second kappa shape index (κ2) is 6.28. The summed E-state index contributed by atoms with van der Waals surface area (Å²) < 4.78 is 0. The molecule has 0 aromatic heterocycles. The Morgan fingerprint density at radius 1 is 1.20 bits per heavy atom. The highest BCUT2D eigenvalue weighted by molar-refractivity contribution is 5.23. The molecule has 0 radical (unpaired) electrons. The van der Waals surface area contributed by atoms with Gasteiger partial charge in [-0.3, -0.25) is 0 Å². The number of nitrogens with one attached hydrogen (secondary N) is 1. The molecule has 0 amide bonds. The number of hydrogen-bond donors (Lipinski definition) is 2. The fraction of sp³-hybridized carbons (Fsp3) is 0.667. The first-order chi connectivity index (χ1) is 9.41. The van der Waals surface area contributed by atoms with Crippen LogP contribution in [0.3, 0.4) is 0 Å². The molecule has 1 aliphatic carbocycles. The minimum atomic E-state index is -0.453. The van der Waals surface area contributed by atoms with Crippen molar-refractivity contribution in [2.24, 2.45) is 0 Å². The quantitative estimate of drug-likeness (QED) is 0.831. The molecule has 1 fully saturated rings. The maximum absolute atomic E-state index is 10.4. The Morgan fingerprint density at radius 2 is 1.80 bits per heavy atom. The molecular weight excluding hydrogens is 246 g/mol. The van der Waals surface area contributed by atoms with Crippen molar-refractivity contribution in [1.29, 1.82) is 0 Å². The molecule has 0 heterocycles. The monoisotopic (exact) mass is 275 g/mol. The fourth-order valence-corrected chi connectivity index (χ4v) is 3.42. The van der Waals surface area contributed by atoms with Crippen molar-refractivity contribution in [1.82, 2.24) is 5.32 Å². The molecule has 1 atom stereocenters. The number of benzene rings is 1. The summed E-state index contributed by atoms with van der Waals surface area (Å²) in [6, 6.07) is 11.1. The summed E-state index contributed by atoms with van der Waals surface area (Å²) >= 11 is 0. The van der Waals surface area contributed by atoms with Crippen molar-refractivity contribution in [3.8, 4) is 0 Å². The van der Waals surface area contributed by atoms with Crippen molar-refractivity contribution in [3.63, 3.8) is 0 Å². The van der Waals surface area contributed by atoms with Crippen LogP contribution in [0, 0.1) is 0 Å². The van der Waals surface area contributed by atoms with E-state index in [4.69, 9.17) is 0 Å². The molecule has 1 unspecified atom stereocenters. The minimum absolute atomic E-state index is 0.159. The van der Waals surface area contributed by atoms with Gasteiger partial charge in [-0.05, 0) is 37.2 Å². The summed E-state index contributed by atoms with van der Waals surface area (Å²) in [6.45, 7) is 7.55. The highest BCUT2D eigenvalue weighted by Crippen LogP contribution is 2.30. The fourth-order valence-electron chi connectivity index (χ4n) is 3.42. The second-order valence-electron chi connectivity index (χ2n) is 7.17. The van der Waals surface area contributed by atoms with Gasteiger partial charge in [0.15, 0.2) is 0 Å². The van der Waals surface area contributed by atoms with Crippen molar-refractivity contribution in [3.05, 3.63) is 35.9 Å². The molecule has 2 heteroatoms. The molecule has 112 valence electrons. The van der Waals surface area contributed by atoms with Crippen LogP contribution in [0.2, 0.25) is 0 Å². The van der Waals surface area contributed by atoms with Crippen LogP contribution in [0.25, 0.3) is 0 Å². The second-order valence-corrected chi connectivity index (χ2v) is 7.17. The van der Waals surface area contributed by atoms with Gasteiger partial charge in [-0.25, -0.2) is 0 Å². The van der Waals surface area contributed by atoms with E-state index in [1.165, 1.54) is 18.4 Å². The van der Waals surface area contributed by atoms with Crippen molar-refractivity contribution in [2.45, 2.75) is 69.9 Å². The van der Waals surface area contributed by atoms with Crippen molar-refractivity contribution >= 4 is 0 Å². The Labute approximate surface area is 123 Å². The molecule has 2 nitrogen and oxygen atoms in total. The van der Waals surface area contributed by atoms with Crippen molar-refractivity contribution < 1.29 is 5.11 Å². The molecule has 0 bridgehead atoms. The summed E-state index contributed by atoms with van der Waals surface area (Å²) in [6.07, 6.45) is 5.32. The lowest BCUT2D eigenvalue weighted by Crippen LogP contribution is -2.43. The van der Waals surface area contributed by atoms with Crippen LogP contribution in [0.4, 0.5) is 0 Å². The topological polar surface area (TPSA) is 32.3 Å². The number of aliphatic hydroxyl groups is 1. The molecule has 0 spiro atoms. The van der Waals surface area contributed by atoms with Gasteiger partial charge in [0.2, 0.25) is 0 Å². The average molecular weight is 275 g/mol. The molecule has 2 N–H and O–H groups in total. The minimum Gasteiger partial charge on any atom is -0.389 e. The van der Waals surface area contributed by atoms with Gasteiger partial charge in [0.25, 0.3) is 0 Å². The molecule has 1 saturated carbocycles. The maximum Gasteiger partial charge on any atom is 0.0771 e. The first kappa shape index (κ1) is 15.5. The summed E-state index contributed by atoms with van der Waals surface area (Å²) in [5, 5.41) is 13.9. The van der Waals surface area contributed by atoms with E-state index < -0.39 is 5.60 Å². The van der Waals surface area contributed by atoms with E-state index in [0.29, 0.717) is 6.04 Å². The van der Waals surface area contributed by atoms with Gasteiger partial charge in [-0.1, -0.05) is 57.0 Å². The molecule has 0 aliphatic heterocycles. The number of hydrogen-bond acceptors (Lipinski definition) is 2. The number of rotatable bonds is 6. The van der Waals surface area contributed by atoms with Crippen LogP contribution < -0.4 is 5.32 Å². The first-order valence-corrected chi connectivity index (χ1v) is 7.93. The van der Waals surface area contributed by atoms with Crippen LogP contribution in [0.1, 0.15) is 58.4 Å². The summed E-state index contributed by atoms with van der Waals surface area (Å²) in [5.74, 6) is 0. The standard InChI is InChI=1S/C18H29NO/c1-15(19-14-18(20)11-7-8-12-18)13-17(2,3)16-9-5-4-6-10-16/h4-6,9-10,15,19-20H,7-8,11-14H2,1-3H3. The maximum atomic E-state index is 10.4. The summed E-state index contributed by atoms with van der Waals surface area (Å²) in [7, 11) is 0. The Morgan fingerprint density at radius 3 is 2.40 bits per heavy atom. The van der Waals surface area contributed by atoms with E-state index in [2.05, 4.69) is 56.4 Å². The summed E-state index contributed by atoms with van der Waals surface area (Å²) in [5.41, 5.74) is 1.09. The Hall–Kier alpha value is -0.860. The van der Waals surface area contributed by atoms with E-state index in [1.54, 1.807) is 0 Å². The lowest BCUT2D eigenvalue weighted by Gasteiger charge is -2.31. The highest BCUT2D eigenvalue weighted by Gasteiger charge is 2.31. The van der Waals surface area contributed by atoms with Crippen LogP contribution in [-0.2, 0) is 5.41 Å². The van der Waals surface area contributed by atoms with Gasteiger partial charge in [0.1, 0.15) is 0 Å².